The zero-order chi connectivity index (χ0) is 15.2. The maximum absolute atomic E-state index is 5.45. The molecule has 1 aliphatic heterocycles. The predicted molar refractivity (Wildman–Crippen MR) is 97.2 cm³/mol. The summed E-state index contributed by atoms with van der Waals surface area (Å²) in [5, 5.41) is 4.62. The van der Waals surface area contributed by atoms with Crippen LogP contribution in [-0.2, 0) is 12.8 Å². The van der Waals surface area contributed by atoms with E-state index in [2.05, 4.69) is 15.3 Å². The monoisotopic (exact) mass is 361 g/mol. The second kappa shape index (κ2) is 6.11. The average Bonchev–Trinajstić information content (AvgIpc) is 3.18. The number of hydrogen-bond donors (Lipinski definition) is 1. The molecule has 3 heterocycles. The van der Waals surface area contributed by atoms with Crippen molar-refractivity contribution in [1.82, 2.24) is 9.97 Å². The van der Waals surface area contributed by atoms with Crippen LogP contribution >= 0.6 is 23.7 Å². The molecule has 1 aliphatic carbocycles. The minimum atomic E-state index is 0. The van der Waals surface area contributed by atoms with Crippen LogP contribution in [0.5, 0.6) is 11.5 Å². The molecule has 24 heavy (non-hydrogen) atoms. The molecule has 0 radical (unpaired) electrons. The molecule has 0 unspecified atom stereocenters. The van der Waals surface area contributed by atoms with Crippen molar-refractivity contribution in [3.8, 4) is 11.5 Å². The number of halogens is 1. The second-order valence-electron chi connectivity index (χ2n) is 5.81. The van der Waals surface area contributed by atoms with Crippen LogP contribution in [0.25, 0.3) is 10.2 Å². The zero-order valence-corrected chi connectivity index (χ0v) is 14.5. The summed E-state index contributed by atoms with van der Waals surface area (Å²) in [5.41, 5.74) is 2.38. The molecule has 0 spiro atoms. The minimum Gasteiger partial charge on any atom is -0.454 e. The summed E-state index contributed by atoms with van der Waals surface area (Å²) in [6.45, 7) is 0.286. The number of aromatic nitrogens is 2. The van der Waals surface area contributed by atoms with E-state index in [0.29, 0.717) is 0 Å². The molecule has 0 saturated carbocycles. The van der Waals surface area contributed by atoms with Crippen LogP contribution in [0.15, 0.2) is 24.5 Å². The molecule has 0 amide bonds. The molecule has 0 saturated heterocycles. The number of thiophene rings is 1. The lowest BCUT2D eigenvalue weighted by Crippen LogP contribution is -2.01. The Hall–Kier alpha value is -2.05. The Morgan fingerprint density at radius 2 is 1.92 bits per heavy atom. The minimum absolute atomic E-state index is 0. The third kappa shape index (κ3) is 2.46. The SMILES string of the molecule is Cl.c1nc(Nc2ccc3c(c2)OCO3)c2c3c(sc2n1)CCCC3. The topological polar surface area (TPSA) is 56.3 Å². The number of benzene rings is 1. The standard InChI is InChI=1S/C17H15N3O2S.ClH/c1-2-4-14-11(3-1)15-16(18-8-19-17(15)23-14)20-10-5-6-12-13(7-10)22-9-21-12;/h5-8H,1-4,9H2,(H,18,19,20);1H. The maximum atomic E-state index is 5.45. The highest BCUT2D eigenvalue weighted by atomic mass is 35.5. The summed E-state index contributed by atoms with van der Waals surface area (Å²) in [6.07, 6.45) is 6.45. The number of nitrogens with zero attached hydrogens (tertiary/aromatic N) is 2. The second-order valence-corrected chi connectivity index (χ2v) is 6.89. The van der Waals surface area contributed by atoms with Crippen LogP contribution in [0.2, 0.25) is 0 Å². The van der Waals surface area contributed by atoms with Crippen molar-refractivity contribution in [1.29, 1.82) is 0 Å². The molecule has 2 aliphatic rings. The number of fused-ring (bicyclic) bond motifs is 4. The number of aryl methyl sites for hydroxylation is 2. The third-order valence-electron chi connectivity index (χ3n) is 4.39. The first-order chi connectivity index (χ1) is 11.4. The van der Waals surface area contributed by atoms with Crippen molar-refractivity contribution < 1.29 is 9.47 Å². The van der Waals surface area contributed by atoms with Crippen molar-refractivity contribution in [2.24, 2.45) is 0 Å². The first-order valence-electron chi connectivity index (χ1n) is 7.80. The van der Waals surface area contributed by atoms with Gasteiger partial charge in [0.2, 0.25) is 6.79 Å². The normalized spacial score (nSPS) is 15.0. The van der Waals surface area contributed by atoms with Crippen LogP contribution in [0, 0.1) is 0 Å². The fourth-order valence-electron chi connectivity index (χ4n) is 3.30. The molecule has 3 aromatic rings. The highest BCUT2D eigenvalue weighted by molar-refractivity contribution is 7.19. The van der Waals surface area contributed by atoms with Gasteiger partial charge in [-0.25, -0.2) is 9.97 Å². The lowest BCUT2D eigenvalue weighted by Gasteiger charge is -2.12. The molecule has 5 nitrogen and oxygen atoms in total. The molecule has 5 rings (SSSR count). The summed E-state index contributed by atoms with van der Waals surface area (Å²) in [6, 6.07) is 5.86. The Labute approximate surface area is 149 Å². The summed E-state index contributed by atoms with van der Waals surface area (Å²) >= 11 is 1.81. The quantitative estimate of drug-likeness (QED) is 0.730. The van der Waals surface area contributed by atoms with Crippen LogP contribution in [-0.4, -0.2) is 16.8 Å². The highest BCUT2D eigenvalue weighted by Gasteiger charge is 2.20. The number of nitrogens with one attached hydrogen (secondary N) is 1. The van der Waals surface area contributed by atoms with Crippen LogP contribution in [0.3, 0.4) is 0 Å². The van der Waals surface area contributed by atoms with E-state index < -0.39 is 0 Å². The van der Waals surface area contributed by atoms with Crippen molar-refractivity contribution in [2.75, 3.05) is 12.1 Å². The molecule has 1 N–H and O–H groups in total. The average molecular weight is 362 g/mol. The first-order valence-corrected chi connectivity index (χ1v) is 8.62. The van der Waals surface area contributed by atoms with Gasteiger partial charge in [0, 0.05) is 16.6 Å². The van der Waals surface area contributed by atoms with Gasteiger partial charge < -0.3 is 14.8 Å². The Kier molecular flexibility index (Phi) is 3.94. The van der Waals surface area contributed by atoms with E-state index in [-0.39, 0.29) is 19.2 Å². The van der Waals surface area contributed by atoms with E-state index in [0.717, 1.165) is 34.3 Å². The van der Waals surface area contributed by atoms with E-state index in [1.165, 1.54) is 35.1 Å². The van der Waals surface area contributed by atoms with E-state index >= 15 is 0 Å². The van der Waals surface area contributed by atoms with E-state index in [4.69, 9.17) is 9.47 Å². The molecule has 1 aromatic carbocycles. The fourth-order valence-corrected chi connectivity index (χ4v) is 4.52. The van der Waals surface area contributed by atoms with Crippen molar-refractivity contribution in [2.45, 2.75) is 25.7 Å². The highest BCUT2D eigenvalue weighted by Crippen LogP contribution is 2.40. The van der Waals surface area contributed by atoms with Gasteiger partial charge in [-0.1, -0.05) is 0 Å². The Morgan fingerprint density at radius 3 is 2.88 bits per heavy atom. The van der Waals surface area contributed by atoms with Crippen molar-refractivity contribution in [3.63, 3.8) is 0 Å². The largest absolute Gasteiger partial charge is 0.454 e. The van der Waals surface area contributed by atoms with Gasteiger partial charge >= 0.3 is 0 Å². The molecular formula is C17H16ClN3O2S. The third-order valence-corrected chi connectivity index (χ3v) is 5.59. The Balaban J connectivity index is 0.00000146. The molecule has 0 atom stereocenters. The van der Waals surface area contributed by atoms with Gasteiger partial charge in [-0.2, -0.15) is 0 Å². The predicted octanol–water partition coefficient (Wildman–Crippen LogP) is 4.46. The van der Waals surface area contributed by atoms with E-state index in [1.807, 2.05) is 29.5 Å². The van der Waals surface area contributed by atoms with E-state index in [1.54, 1.807) is 6.33 Å². The van der Waals surface area contributed by atoms with Gasteiger partial charge in [-0.3, -0.25) is 0 Å². The summed E-state index contributed by atoms with van der Waals surface area (Å²) in [5.74, 6) is 2.44. The van der Waals surface area contributed by atoms with Crippen LogP contribution in [0.1, 0.15) is 23.3 Å². The Bertz CT molecular complexity index is 912. The number of rotatable bonds is 2. The van der Waals surface area contributed by atoms with Gasteiger partial charge in [0.15, 0.2) is 11.5 Å². The molecule has 124 valence electrons. The van der Waals surface area contributed by atoms with Gasteiger partial charge in [-0.15, -0.1) is 23.7 Å². The van der Waals surface area contributed by atoms with Crippen molar-refractivity contribution >= 4 is 45.5 Å². The lowest BCUT2D eigenvalue weighted by molar-refractivity contribution is 0.174. The van der Waals surface area contributed by atoms with Crippen LogP contribution in [0.4, 0.5) is 11.5 Å². The first kappa shape index (κ1) is 15.5. The van der Waals surface area contributed by atoms with Crippen molar-refractivity contribution in [3.05, 3.63) is 35.0 Å². The molecule has 0 bridgehead atoms. The van der Waals surface area contributed by atoms with Gasteiger partial charge in [0.05, 0.1) is 5.39 Å². The molecular weight excluding hydrogens is 346 g/mol. The summed E-state index contributed by atoms with van der Waals surface area (Å²) in [4.78, 5) is 11.5. The number of anilines is 2. The molecule has 7 heteroatoms. The van der Waals surface area contributed by atoms with Gasteiger partial charge in [0.1, 0.15) is 17.0 Å². The van der Waals surface area contributed by atoms with Gasteiger partial charge in [0.25, 0.3) is 0 Å². The van der Waals surface area contributed by atoms with Gasteiger partial charge in [-0.05, 0) is 43.4 Å². The molecule has 2 aromatic heterocycles. The smallest absolute Gasteiger partial charge is 0.231 e. The summed E-state index contributed by atoms with van der Waals surface area (Å²) < 4.78 is 10.8. The maximum Gasteiger partial charge on any atom is 0.231 e. The van der Waals surface area contributed by atoms with E-state index in [9.17, 15) is 0 Å². The summed E-state index contributed by atoms with van der Waals surface area (Å²) in [7, 11) is 0. The zero-order valence-electron chi connectivity index (χ0n) is 12.9. The molecule has 0 fully saturated rings. The van der Waals surface area contributed by atoms with Crippen LogP contribution < -0.4 is 14.8 Å². The number of hydrogen-bond acceptors (Lipinski definition) is 6. The number of ether oxygens (including phenoxy) is 2. The Morgan fingerprint density at radius 1 is 1.04 bits per heavy atom. The lowest BCUT2D eigenvalue weighted by atomic mass is 9.97. The fraction of sp³-hybridized carbons (Fsp3) is 0.294.